The van der Waals surface area contributed by atoms with Crippen molar-refractivity contribution in [3.63, 3.8) is 0 Å². The van der Waals surface area contributed by atoms with E-state index in [0.29, 0.717) is 0 Å². The molecule has 1 aliphatic carbocycles. The third-order valence-electron chi connectivity index (χ3n) is 2.58. The van der Waals surface area contributed by atoms with Gasteiger partial charge in [0.05, 0.1) is 0 Å². The third-order valence-corrected chi connectivity index (χ3v) is 11.8. The Morgan fingerprint density at radius 3 is 1.90 bits per heavy atom. The average Bonchev–Trinajstić information content (AvgIpc) is 1.88. The molecule has 0 nitrogen and oxygen atoms in total. The molecule has 0 atom stereocenters. The van der Waals surface area contributed by atoms with E-state index in [9.17, 15) is 0 Å². The van der Waals surface area contributed by atoms with Crippen LogP contribution in [0.5, 0.6) is 0 Å². The first-order valence-corrected chi connectivity index (χ1v) is 15.3. The first-order valence-electron chi connectivity index (χ1n) is 4.29. The Kier molecular flexibility index (Phi) is 3.36. The van der Waals surface area contributed by atoms with Gasteiger partial charge in [0.1, 0.15) is 0 Å². The molecular weight excluding hydrogens is 250 g/mol. The molecule has 60 valence electrons. The van der Waals surface area contributed by atoms with E-state index in [0.717, 1.165) is 3.93 Å². The van der Waals surface area contributed by atoms with Gasteiger partial charge in [0.2, 0.25) is 0 Å². The monoisotopic (exact) mass is 268 g/mol. The van der Waals surface area contributed by atoms with Crippen LogP contribution in [0.4, 0.5) is 0 Å². The third kappa shape index (κ3) is 2.61. The molecule has 0 radical (unpaired) electrons. The summed E-state index contributed by atoms with van der Waals surface area (Å²) in [5.74, 6) is 0. The maximum atomic E-state index is 6.42. The Bertz CT molecular complexity index is 100. The van der Waals surface area contributed by atoms with Gasteiger partial charge in [-0.15, -0.1) is 0 Å². The Balaban J connectivity index is 2.39. The predicted molar refractivity (Wildman–Crippen MR) is 50.2 cm³/mol. The molecule has 0 bridgehead atoms. The van der Waals surface area contributed by atoms with Crippen molar-refractivity contribution in [2.75, 3.05) is 0 Å². The summed E-state index contributed by atoms with van der Waals surface area (Å²) >= 11 is -1.96. The molecule has 0 spiro atoms. The Morgan fingerprint density at radius 2 is 1.60 bits per heavy atom. The minimum atomic E-state index is -1.96. The summed E-state index contributed by atoms with van der Waals surface area (Å²) in [6.45, 7) is 0. The number of hydrogen-bond donors (Lipinski definition) is 0. The van der Waals surface area contributed by atoms with Crippen LogP contribution in [0.15, 0.2) is 0 Å². The molecule has 0 aromatic heterocycles. The molecule has 0 aliphatic heterocycles. The Hall–Kier alpha value is 1.09. The molecule has 10 heavy (non-hydrogen) atoms. The standard InChI is InChI=1S/C6H11.2CH3.ClH.Sn/c1-2-4-6-5-3-1;;;;/h1H,2-6H2;2*1H3;1H;/q;;;;+1/p-1. The fourth-order valence-electron chi connectivity index (χ4n) is 1.79. The van der Waals surface area contributed by atoms with Gasteiger partial charge in [0.25, 0.3) is 0 Å². The van der Waals surface area contributed by atoms with Gasteiger partial charge in [0.15, 0.2) is 0 Å². The summed E-state index contributed by atoms with van der Waals surface area (Å²) in [5, 5.41) is 0. The second-order valence-corrected chi connectivity index (χ2v) is 21.7. The Morgan fingerprint density at radius 1 is 1.10 bits per heavy atom. The van der Waals surface area contributed by atoms with E-state index in [-0.39, 0.29) is 0 Å². The first kappa shape index (κ1) is 9.18. The Labute approximate surface area is 71.9 Å². The quantitative estimate of drug-likeness (QED) is 0.635. The van der Waals surface area contributed by atoms with Crippen LogP contribution in [0, 0.1) is 0 Å². The zero-order valence-electron chi connectivity index (χ0n) is 6.99. The van der Waals surface area contributed by atoms with Crippen molar-refractivity contribution >= 4 is 26.2 Å². The van der Waals surface area contributed by atoms with Crippen molar-refractivity contribution in [3.05, 3.63) is 0 Å². The fraction of sp³-hybridized carbons (Fsp3) is 1.00. The molecule has 2 heteroatoms. The van der Waals surface area contributed by atoms with Gasteiger partial charge in [0, 0.05) is 0 Å². The van der Waals surface area contributed by atoms with Gasteiger partial charge in [-0.05, 0) is 0 Å². The summed E-state index contributed by atoms with van der Waals surface area (Å²) in [5.41, 5.74) is 0. The van der Waals surface area contributed by atoms with Crippen LogP contribution >= 0.6 is 8.92 Å². The molecule has 0 saturated heterocycles. The summed E-state index contributed by atoms with van der Waals surface area (Å²) in [6, 6.07) is 0. The van der Waals surface area contributed by atoms with Crippen LogP contribution in [-0.2, 0) is 0 Å². The summed E-state index contributed by atoms with van der Waals surface area (Å²) in [7, 11) is 6.42. The van der Waals surface area contributed by atoms with Gasteiger partial charge in [-0.25, -0.2) is 0 Å². The zero-order valence-corrected chi connectivity index (χ0v) is 10.6. The average molecular weight is 267 g/mol. The first-order chi connectivity index (χ1) is 4.61. The van der Waals surface area contributed by atoms with Crippen molar-refractivity contribution < 1.29 is 0 Å². The number of halogens is 1. The van der Waals surface area contributed by atoms with Crippen LogP contribution in [0.3, 0.4) is 0 Å². The van der Waals surface area contributed by atoms with E-state index in [2.05, 4.69) is 9.88 Å². The molecule has 0 heterocycles. The van der Waals surface area contributed by atoms with Gasteiger partial charge < -0.3 is 0 Å². The summed E-state index contributed by atoms with van der Waals surface area (Å²) in [6.07, 6.45) is 7.21. The minimum absolute atomic E-state index is 0.977. The van der Waals surface area contributed by atoms with E-state index < -0.39 is 17.3 Å². The molecule has 0 N–H and O–H groups in total. The molecule has 0 aromatic carbocycles. The number of rotatable bonds is 1. The van der Waals surface area contributed by atoms with Crippen LogP contribution in [-0.4, -0.2) is 17.3 Å². The molecule has 1 fully saturated rings. The van der Waals surface area contributed by atoms with E-state index in [1.165, 1.54) is 32.1 Å². The van der Waals surface area contributed by atoms with Crippen molar-refractivity contribution in [2.24, 2.45) is 0 Å². The molecule has 1 aliphatic rings. The van der Waals surface area contributed by atoms with Gasteiger partial charge in [-0.1, -0.05) is 0 Å². The van der Waals surface area contributed by atoms with Crippen LogP contribution in [0.25, 0.3) is 0 Å². The normalized spacial score (nSPS) is 23.1. The molecular formula is C8H17ClSn. The summed E-state index contributed by atoms with van der Waals surface area (Å²) < 4.78 is 0.977. The van der Waals surface area contributed by atoms with Crippen LogP contribution in [0.1, 0.15) is 32.1 Å². The van der Waals surface area contributed by atoms with Crippen molar-refractivity contribution in [1.29, 1.82) is 0 Å². The maximum absolute atomic E-state index is 6.42. The molecule has 0 aromatic rings. The fourth-order valence-corrected chi connectivity index (χ4v) is 8.34. The van der Waals surface area contributed by atoms with Crippen molar-refractivity contribution in [1.82, 2.24) is 0 Å². The molecule has 0 unspecified atom stereocenters. The molecule has 1 rings (SSSR count). The van der Waals surface area contributed by atoms with Gasteiger partial charge in [-0.2, -0.15) is 0 Å². The predicted octanol–water partition coefficient (Wildman–Crippen LogP) is 3.76. The van der Waals surface area contributed by atoms with Crippen LogP contribution in [0.2, 0.25) is 13.8 Å². The van der Waals surface area contributed by atoms with Crippen molar-refractivity contribution in [3.8, 4) is 0 Å². The van der Waals surface area contributed by atoms with Gasteiger partial charge in [-0.3, -0.25) is 0 Å². The summed E-state index contributed by atoms with van der Waals surface area (Å²) in [4.78, 5) is 4.71. The topological polar surface area (TPSA) is 0 Å². The zero-order chi connectivity index (χ0) is 7.61. The van der Waals surface area contributed by atoms with Gasteiger partial charge >= 0.3 is 72.1 Å². The van der Waals surface area contributed by atoms with E-state index in [1.807, 2.05) is 0 Å². The van der Waals surface area contributed by atoms with Crippen molar-refractivity contribution in [2.45, 2.75) is 45.9 Å². The molecule has 1 saturated carbocycles. The van der Waals surface area contributed by atoms with E-state index in [4.69, 9.17) is 8.92 Å². The second-order valence-electron chi connectivity index (χ2n) is 3.90. The SMILES string of the molecule is [CH3][Sn]([CH3])([Cl])[CH]1CCCCC1. The van der Waals surface area contributed by atoms with E-state index in [1.54, 1.807) is 0 Å². The van der Waals surface area contributed by atoms with Crippen LogP contribution < -0.4 is 0 Å². The van der Waals surface area contributed by atoms with E-state index >= 15 is 0 Å². The number of hydrogen-bond acceptors (Lipinski definition) is 0. The molecule has 0 amide bonds. The second kappa shape index (κ2) is 3.66.